The van der Waals surface area contributed by atoms with E-state index in [1.54, 1.807) is 0 Å². The van der Waals surface area contributed by atoms with Gasteiger partial charge in [0.2, 0.25) is 0 Å². The SMILES string of the molecule is CCl.CCl.[C-]1=CC=CC1.[Zr]. The first-order chi connectivity index (χ1) is 4.50. The summed E-state index contributed by atoms with van der Waals surface area (Å²) in [5.74, 6) is 0. The molecular weight excluding hydrogens is 246 g/mol. The van der Waals surface area contributed by atoms with Crippen LogP contribution in [-0.4, -0.2) is 12.8 Å². The van der Waals surface area contributed by atoms with Crippen molar-refractivity contribution in [2.45, 2.75) is 6.42 Å². The molecule has 1 aliphatic rings. The van der Waals surface area contributed by atoms with Crippen molar-refractivity contribution < 1.29 is 26.2 Å². The first kappa shape index (κ1) is 17.1. The van der Waals surface area contributed by atoms with Crippen LogP contribution in [0.3, 0.4) is 0 Å². The second kappa shape index (κ2) is 22.5. The van der Waals surface area contributed by atoms with Crippen LogP contribution in [0.15, 0.2) is 18.2 Å². The summed E-state index contributed by atoms with van der Waals surface area (Å²) in [6.07, 6.45) is 12.9. The quantitative estimate of drug-likeness (QED) is 0.462. The number of hydrogen-bond donors (Lipinski definition) is 0. The molecule has 0 nitrogen and oxygen atoms in total. The summed E-state index contributed by atoms with van der Waals surface area (Å²) < 4.78 is 0. The van der Waals surface area contributed by atoms with Gasteiger partial charge in [-0.05, 0) is 0 Å². The van der Waals surface area contributed by atoms with Gasteiger partial charge in [-0.15, -0.1) is 29.6 Å². The number of alkyl halides is 2. The van der Waals surface area contributed by atoms with Crippen LogP contribution < -0.4 is 0 Å². The summed E-state index contributed by atoms with van der Waals surface area (Å²) in [6.45, 7) is 0. The van der Waals surface area contributed by atoms with Crippen molar-refractivity contribution in [2.75, 3.05) is 12.8 Å². The Labute approximate surface area is 92.4 Å². The first-order valence-corrected chi connectivity index (χ1v) is 3.98. The zero-order chi connectivity index (χ0) is 7.54. The summed E-state index contributed by atoms with van der Waals surface area (Å²) in [6, 6.07) is 0. The molecule has 3 heteroatoms. The average Bonchev–Trinajstić information content (AvgIpc) is 2.51. The smallest absolute Gasteiger partial charge is 0.0108 e. The van der Waals surface area contributed by atoms with Gasteiger partial charge in [-0.3, -0.25) is 6.08 Å². The van der Waals surface area contributed by atoms with Crippen LogP contribution in [0.4, 0.5) is 0 Å². The van der Waals surface area contributed by atoms with Gasteiger partial charge in [0, 0.05) is 39.0 Å². The third-order valence-electron chi connectivity index (χ3n) is 0.586. The van der Waals surface area contributed by atoms with Gasteiger partial charge in [-0.1, -0.05) is 0 Å². The molecule has 1 rings (SSSR count). The van der Waals surface area contributed by atoms with E-state index in [1.807, 2.05) is 12.2 Å². The van der Waals surface area contributed by atoms with Crippen molar-refractivity contribution in [3.05, 3.63) is 24.3 Å². The minimum Gasteiger partial charge on any atom is -0.273 e. The third kappa shape index (κ3) is 16.0. The molecule has 58 valence electrons. The molecule has 1 aliphatic carbocycles. The number of rotatable bonds is 0. The summed E-state index contributed by atoms with van der Waals surface area (Å²) >= 11 is 9.28. The van der Waals surface area contributed by atoms with Crippen molar-refractivity contribution in [3.8, 4) is 0 Å². The molecule has 0 aromatic rings. The molecule has 0 N–H and O–H groups in total. The fraction of sp³-hybridized carbons (Fsp3) is 0.429. The molecule has 0 amide bonds. The maximum atomic E-state index is 4.64. The zero-order valence-electron chi connectivity index (χ0n) is 6.20. The van der Waals surface area contributed by atoms with E-state index in [0.717, 1.165) is 6.42 Å². The second-order valence-electron chi connectivity index (χ2n) is 1.00. The van der Waals surface area contributed by atoms with Crippen LogP contribution in [0.1, 0.15) is 6.42 Å². The Morgan fingerprint density at radius 2 is 1.70 bits per heavy atom. The summed E-state index contributed by atoms with van der Waals surface area (Å²) in [7, 11) is 0. The predicted molar refractivity (Wildman–Crippen MR) is 45.1 cm³/mol. The van der Waals surface area contributed by atoms with Gasteiger partial charge < -0.3 is 0 Å². The molecule has 0 aromatic heterocycles. The van der Waals surface area contributed by atoms with E-state index in [4.69, 9.17) is 0 Å². The normalized spacial score (nSPS) is 10.0. The molecule has 0 saturated carbocycles. The van der Waals surface area contributed by atoms with Crippen LogP contribution in [0.2, 0.25) is 0 Å². The molecular formula is C7H11Cl2Zr-. The molecule has 0 aliphatic heterocycles. The van der Waals surface area contributed by atoms with E-state index in [-0.39, 0.29) is 26.2 Å². The molecule has 0 heterocycles. The predicted octanol–water partition coefficient (Wildman–Crippen LogP) is 3.01. The molecule has 0 atom stereocenters. The van der Waals surface area contributed by atoms with Crippen LogP contribution in [0.25, 0.3) is 0 Å². The third-order valence-corrected chi connectivity index (χ3v) is 0.586. The second-order valence-corrected chi connectivity index (χ2v) is 1.00. The molecule has 0 saturated heterocycles. The van der Waals surface area contributed by atoms with E-state index in [0.29, 0.717) is 0 Å². The maximum absolute atomic E-state index is 4.64. The largest absolute Gasteiger partial charge is 0.273 e. The van der Waals surface area contributed by atoms with Gasteiger partial charge in [0.25, 0.3) is 0 Å². The molecule has 0 aromatic carbocycles. The Morgan fingerprint density at radius 1 is 1.20 bits per heavy atom. The van der Waals surface area contributed by atoms with Crippen LogP contribution in [0.5, 0.6) is 0 Å². The summed E-state index contributed by atoms with van der Waals surface area (Å²) in [4.78, 5) is 0. The standard InChI is InChI=1S/C5H5.2CH3Cl.Zr/c1-2-4-5-3-1;2*1-2;/h1-3H,4H2;2*1H3;/q-1;;;. The molecule has 0 radical (unpaired) electrons. The van der Waals surface area contributed by atoms with Gasteiger partial charge in [0.1, 0.15) is 0 Å². The minimum absolute atomic E-state index is 0. The summed E-state index contributed by atoms with van der Waals surface area (Å²) in [5, 5.41) is 0. The van der Waals surface area contributed by atoms with Crippen molar-refractivity contribution in [3.63, 3.8) is 0 Å². The van der Waals surface area contributed by atoms with Crippen molar-refractivity contribution in [1.82, 2.24) is 0 Å². The van der Waals surface area contributed by atoms with Gasteiger partial charge in [-0.2, -0.15) is 6.08 Å². The van der Waals surface area contributed by atoms with Gasteiger partial charge in [0.05, 0.1) is 0 Å². The fourth-order valence-corrected chi connectivity index (χ4v) is 0.340. The van der Waals surface area contributed by atoms with E-state index < -0.39 is 0 Å². The van der Waals surface area contributed by atoms with E-state index in [1.165, 1.54) is 12.8 Å². The van der Waals surface area contributed by atoms with E-state index >= 15 is 0 Å². The van der Waals surface area contributed by atoms with Crippen molar-refractivity contribution in [1.29, 1.82) is 0 Å². The zero-order valence-corrected chi connectivity index (χ0v) is 10.2. The van der Waals surface area contributed by atoms with Gasteiger partial charge in [0.15, 0.2) is 0 Å². The Balaban J connectivity index is -0.0000000875. The van der Waals surface area contributed by atoms with E-state index in [2.05, 4.69) is 35.4 Å². The van der Waals surface area contributed by atoms with Gasteiger partial charge in [-0.25, -0.2) is 12.2 Å². The monoisotopic (exact) mass is 255 g/mol. The maximum Gasteiger partial charge on any atom is 0.0108 e. The Bertz CT molecular complexity index is 69.7. The van der Waals surface area contributed by atoms with Crippen LogP contribution >= 0.6 is 23.2 Å². The minimum atomic E-state index is 0. The Kier molecular flexibility index (Phi) is 38.6. The topological polar surface area (TPSA) is 0 Å². The van der Waals surface area contributed by atoms with Crippen LogP contribution in [-0.2, 0) is 26.2 Å². The number of halogens is 2. The van der Waals surface area contributed by atoms with Crippen LogP contribution in [0, 0.1) is 6.08 Å². The molecule has 0 fully saturated rings. The average molecular weight is 257 g/mol. The Morgan fingerprint density at radius 3 is 1.80 bits per heavy atom. The molecule has 0 bridgehead atoms. The molecule has 0 unspecified atom stereocenters. The summed E-state index contributed by atoms with van der Waals surface area (Å²) in [5.41, 5.74) is 0. The van der Waals surface area contributed by atoms with Gasteiger partial charge >= 0.3 is 0 Å². The first-order valence-electron chi connectivity index (χ1n) is 2.47. The molecule has 10 heavy (non-hydrogen) atoms. The van der Waals surface area contributed by atoms with Crippen molar-refractivity contribution in [2.24, 2.45) is 0 Å². The fourth-order valence-electron chi connectivity index (χ4n) is 0.340. The number of allylic oxidation sites excluding steroid dienone is 4. The Hall–Kier alpha value is 0.943. The van der Waals surface area contributed by atoms with E-state index in [9.17, 15) is 0 Å². The molecule has 0 spiro atoms. The van der Waals surface area contributed by atoms with Crippen molar-refractivity contribution >= 4 is 23.2 Å². The number of hydrogen-bond acceptors (Lipinski definition) is 0.